The van der Waals surface area contributed by atoms with Gasteiger partial charge in [0.05, 0.1) is 12.2 Å². The number of nitrogens with one attached hydrogen (secondary N) is 2. The van der Waals surface area contributed by atoms with Gasteiger partial charge in [-0.3, -0.25) is 9.48 Å². The molecule has 1 amide bonds. The largest absolute Gasteiger partial charge is 0.351 e. The van der Waals surface area contributed by atoms with Crippen molar-refractivity contribution >= 4 is 18.3 Å². The topological polar surface area (TPSA) is 59.0 Å². The molecule has 1 aromatic heterocycles. The van der Waals surface area contributed by atoms with E-state index in [9.17, 15) is 4.79 Å². The van der Waals surface area contributed by atoms with E-state index in [0.717, 1.165) is 24.2 Å². The Hall–Kier alpha value is -1.85. The summed E-state index contributed by atoms with van der Waals surface area (Å²) in [5, 5.41) is 10.5. The van der Waals surface area contributed by atoms with E-state index in [1.54, 1.807) is 6.20 Å². The van der Waals surface area contributed by atoms with Crippen LogP contribution in [0.2, 0.25) is 0 Å². The maximum atomic E-state index is 12.3. The van der Waals surface area contributed by atoms with Gasteiger partial charge in [0.25, 0.3) is 0 Å². The smallest absolute Gasteiger partial charge is 0.237 e. The van der Waals surface area contributed by atoms with Gasteiger partial charge in [0.1, 0.15) is 0 Å². The minimum Gasteiger partial charge on any atom is -0.351 e. The minimum atomic E-state index is -0.156. The van der Waals surface area contributed by atoms with Gasteiger partial charge in [0, 0.05) is 31.4 Å². The average Bonchev–Trinajstić information content (AvgIpc) is 2.84. The number of benzene rings is 1. The summed E-state index contributed by atoms with van der Waals surface area (Å²) in [5.74, 6) is 0.0488. The Labute approximate surface area is 136 Å². The number of amides is 1. The van der Waals surface area contributed by atoms with Crippen LogP contribution in [-0.4, -0.2) is 21.7 Å². The van der Waals surface area contributed by atoms with Crippen molar-refractivity contribution in [3.8, 4) is 0 Å². The first-order valence-corrected chi connectivity index (χ1v) is 7.20. The van der Waals surface area contributed by atoms with Crippen molar-refractivity contribution in [1.82, 2.24) is 20.4 Å². The summed E-state index contributed by atoms with van der Waals surface area (Å²) >= 11 is 0. The van der Waals surface area contributed by atoms with Crippen LogP contribution in [0.4, 0.5) is 0 Å². The van der Waals surface area contributed by atoms with E-state index in [0.29, 0.717) is 6.54 Å². The van der Waals surface area contributed by atoms with Gasteiger partial charge in [0.2, 0.25) is 5.91 Å². The van der Waals surface area contributed by atoms with Crippen LogP contribution >= 0.6 is 12.4 Å². The van der Waals surface area contributed by atoms with E-state index in [2.05, 4.69) is 27.9 Å². The third-order valence-electron chi connectivity index (χ3n) is 4.19. The highest BCUT2D eigenvalue weighted by Gasteiger charge is 2.23. The Bertz CT molecular complexity index is 668. The molecular formula is C16H21ClN4O. The van der Waals surface area contributed by atoms with Crippen molar-refractivity contribution < 1.29 is 4.79 Å². The zero-order chi connectivity index (χ0) is 14.8. The zero-order valence-corrected chi connectivity index (χ0v) is 13.6. The molecule has 0 saturated heterocycles. The van der Waals surface area contributed by atoms with Crippen molar-refractivity contribution in [2.24, 2.45) is 7.05 Å². The molecule has 0 bridgehead atoms. The Kier molecular flexibility index (Phi) is 5.21. The molecule has 0 aliphatic carbocycles. The lowest BCUT2D eigenvalue weighted by Gasteiger charge is -2.25. The van der Waals surface area contributed by atoms with Gasteiger partial charge in [-0.1, -0.05) is 24.3 Å². The molecule has 0 fully saturated rings. The van der Waals surface area contributed by atoms with E-state index in [1.807, 2.05) is 30.8 Å². The highest BCUT2D eigenvalue weighted by molar-refractivity contribution is 5.85. The SMILES string of the molecule is Cc1c(CNC(=O)C2Cc3ccccc3CN2)cnn1C.Cl. The number of carbonyl (C=O) groups excluding carboxylic acids is 1. The van der Waals surface area contributed by atoms with Crippen molar-refractivity contribution in [3.63, 3.8) is 0 Å². The summed E-state index contributed by atoms with van der Waals surface area (Å²) in [6.07, 6.45) is 2.55. The molecule has 1 unspecified atom stereocenters. The highest BCUT2D eigenvalue weighted by Crippen LogP contribution is 2.16. The fraction of sp³-hybridized carbons (Fsp3) is 0.375. The van der Waals surface area contributed by atoms with Gasteiger partial charge in [-0.05, 0) is 24.5 Å². The van der Waals surface area contributed by atoms with E-state index in [-0.39, 0.29) is 24.4 Å². The third-order valence-corrected chi connectivity index (χ3v) is 4.19. The molecule has 2 heterocycles. The van der Waals surface area contributed by atoms with E-state index < -0.39 is 0 Å². The summed E-state index contributed by atoms with van der Waals surface area (Å²) in [4.78, 5) is 12.3. The first-order chi connectivity index (χ1) is 10.1. The third kappa shape index (κ3) is 3.31. The number of carbonyl (C=O) groups is 1. The monoisotopic (exact) mass is 320 g/mol. The van der Waals surface area contributed by atoms with Crippen LogP contribution in [0.1, 0.15) is 22.4 Å². The molecule has 0 radical (unpaired) electrons. The number of aryl methyl sites for hydroxylation is 1. The van der Waals surface area contributed by atoms with Gasteiger partial charge in [-0.2, -0.15) is 5.10 Å². The van der Waals surface area contributed by atoms with Crippen LogP contribution in [0, 0.1) is 6.92 Å². The first kappa shape index (κ1) is 16.5. The molecular weight excluding hydrogens is 300 g/mol. The second kappa shape index (κ2) is 6.94. The number of halogens is 1. The van der Waals surface area contributed by atoms with Crippen LogP contribution in [0.5, 0.6) is 0 Å². The lowest BCUT2D eigenvalue weighted by atomic mass is 9.95. The molecule has 2 N–H and O–H groups in total. The van der Waals surface area contributed by atoms with Crippen LogP contribution < -0.4 is 10.6 Å². The van der Waals surface area contributed by atoms with Gasteiger partial charge in [0.15, 0.2) is 0 Å². The second-order valence-electron chi connectivity index (χ2n) is 5.50. The van der Waals surface area contributed by atoms with Crippen LogP contribution in [0.3, 0.4) is 0 Å². The van der Waals surface area contributed by atoms with E-state index in [4.69, 9.17) is 0 Å². The molecule has 1 atom stereocenters. The predicted molar refractivity (Wildman–Crippen MR) is 87.8 cm³/mol. The van der Waals surface area contributed by atoms with Crippen LogP contribution in [0.25, 0.3) is 0 Å². The fourth-order valence-corrected chi connectivity index (χ4v) is 2.66. The number of rotatable bonds is 3. The lowest BCUT2D eigenvalue weighted by molar-refractivity contribution is -0.123. The molecule has 6 heteroatoms. The van der Waals surface area contributed by atoms with Crippen molar-refractivity contribution in [2.75, 3.05) is 0 Å². The number of hydrogen-bond donors (Lipinski definition) is 2. The molecule has 1 aliphatic heterocycles. The summed E-state index contributed by atoms with van der Waals surface area (Å²) in [5.41, 5.74) is 4.68. The normalized spacial score (nSPS) is 16.5. The molecule has 1 aliphatic rings. The first-order valence-electron chi connectivity index (χ1n) is 7.20. The molecule has 1 aromatic carbocycles. The van der Waals surface area contributed by atoms with Crippen molar-refractivity contribution in [2.45, 2.75) is 32.5 Å². The van der Waals surface area contributed by atoms with Gasteiger partial charge in [-0.25, -0.2) is 0 Å². The molecule has 0 saturated carbocycles. The quantitative estimate of drug-likeness (QED) is 0.900. The lowest BCUT2D eigenvalue weighted by Crippen LogP contribution is -2.47. The summed E-state index contributed by atoms with van der Waals surface area (Å²) < 4.78 is 1.82. The predicted octanol–water partition coefficient (Wildman–Crippen LogP) is 1.48. The number of aromatic nitrogens is 2. The minimum absolute atomic E-state index is 0. The summed E-state index contributed by atoms with van der Waals surface area (Å²) in [6.45, 7) is 3.28. The second-order valence-corrected chi connectivity index (χ2v) is 5.50. The maximum absolute atomic E-state index is 12.3. The number of nitrogens with zero attached hydrogens (tertiary/aromatic N) is 2. The number of hydrogen-bond acceptors (Lipinski definition) is 3. The molecule has 118 valence electrons. The molecule has 3 rings (SSSR count). The van der Waals surface area contributed by atoms with Crippen LogP contribution in [0.15, 0.2) is 30.5 Å². The summed E-state index contributed by atoms with van der Waals surface area (Å²) in [7, 11) is 1.90. The molecule has 2 aromatic rings. The Morgan fingerprint density at radius 3 is 2.82 bits per heavy atom. The molecule has 22 heavy (non-hydrogen) atoms. The van der Waals surface area contributed by atoms with Gasteiger partial charge in [-0.15, -0.1) is 12.4 Å². The highest BCUT2D eigenvalue weighted by atomic mass is 35.5. The van der Waals surface area contributed by atoms with E-state index in [1.165, 1.54) is 11.1 Å². The Morgan fingerprint density at radius 1 is 1.41 bits per heavy atom. The molecule has 5 nitrogen and oxygen atoms in total. The summed E-state index contributed by atoms with van der Waals surface area (Å²) in [6, 6.07) is 8.11. The fourth-order valence-electron chi connectivity index (χ4n) is 2.66. The van der Waals surface area contributed by atoms with Gasteiger partial charge < -0.3 is 10.6 Å². The molecule has 0 spiro atoms. The zero-order valence-electron chi connectivity index (χ0n) is 12.8. The van der Waals surface area contributed by atoms with Crippen LogP contribution in [-0.2, 0) is 31.4 Å². The van der Waals surface area contributed by atoms with Crippen molar-refractivity contribution in [1.29, 1.82) is 0 Å². The van der Waals surface area contributed by atoms with Crippen molar-refractivity contribution in [3.05, 3.63) is 52.8 Å². The average molecular weight is 321 g/mol. The number of fused-ring (bicyclic) bond motifs is 1. The standard InChI is InChI=1S/C16H20N4O.ClH/c1-11-14(10-19-20(11)2)9-18-16(21)15-7-12-5-3-4-6-13(12)8-17-15;/h3-6,10,15,17H,7-9H2,1-2H3,(H,18,21);1H. The Balaban J connectivity index is 0.00000176. The van der Waals surface area contributed by atoms with Gasteiger partial charge >= 0.3 is 0 Å². The Morgan fingerprint density at radius 2 is 2.14 bits per heavy atom. The maximum Gasteiger partial charge on any atom is 0.237 e. The van der Waals surface area contributed by atoms with E-state index >= 15 is 0 Å².